The molecule has 1 aromatic heterocycles. The molecule has 4 nitrogen and oxygen atoms in total. The number of fused-ring (bicyclic) bond motifs is 3. The molecule has 2 aromatic rings. The zero-order valence-electron chi connectivity index (χ0n) is 12.3. The monoisotopic (exact) mass is 286 g/mol. The smallest absolute Gasteiger partial charge is 0.339 e. The van der Waals surface area contributed by atoms with E-state index in [4.69, 9.17) is 9.15 Å². The Hall–Kier alpha value is -2.10. The first-order chi connectivity index (χ1) is 10.1. The van der Waals surface area contributed by atoms with Gasteiger partial charge in [-0.1, -0.05) is 0 Å². The summed E-state index contributed by atoms with van der Waals surface area (Å²) in [5, 5.41) is 0.979. The maximum atomic E-state index is 12.1. The molecule has 1 aliphatic rings. The zero-order valence-corrected chi connectivity index (χ0v) is 12.3. The lowest BCUT2D eigenvalue weighted by molar-refractivity contribution is -0.122. The van der Waals surface area contributed by atoms with Crippen molar-refractivity contribution in [3.63, 3.8) is 0 Å². The fourth-order valence-corrected chi connectivity index (χ4v) is 2.79. The molecule has 110 valence electrons. The van der Waals surface area contributed by atoms with Crippen molar-refractivity contribution in [2.45, 2.75) is 45.6 Å². The standard InChI is InChI=1S/C17H18O4/c1-10(18)11(2)20-12-7-8-14-13-5-3-4-6-15(13)17(19)21-16(14)9-12/h7-9,11H,3-6H2,1-2H3/t11-/m1/s1. The maximum absolute atomic E-state index is 12.1. The Morgan fingerprint density at radius 2 is 1.95 bits per heavy atom. The van der Waals surface area contributed by atoms with E-state index in [1.54, 1.807) is 13.0 Å². The van der Waals surface area contributed by atoms with Gasteiger partial charge in [-0.25, -0.2) is 4.79 Å². The molecule has 0 saturated carbocycles. The summed E-state index contributed by atoms with van der Waals surface area (Å²) < 4.78 is 11.0. The minimum Gasteiger partial charge on any atom is -0.483 e. The highest BCUT2D eigenvalue weighted by atomic mass is 16.5. The van der Waals surface area contributed by atoms with Gasteiger partial charge in [-0.3, -0.25) is 4.79 Å². The molecule has 0 amide bonds. The molecule has 0 saturated heterocycles. The average Bonchev–Trinajstić information content (AvgIpc) is 2.47. The molecule has 1 aliphatic carbocycles. The Kier molecular flexibility index (Phi) is 3.53. The highest BCUT2D eigenvalue weighted by Crippen LogP contribution is 2.29. The lowest BCUT2D eigenvalue weighted by Gasteiger charge is -2.17. The second-order valence-corrected chi connectivity index (χ2v) is 5.58. The number of carbonyl (C=O) groups excluding carboxylic acids is 1. The molecule has 1 heterocycles. The minimum absolute atomic E-state index is 0.0398. The summed E-state index contributed by atoms with van der Waals surface area (Å²) in [6.07, 6.45) is 3.35. The molecular formula is C17H18O4. The van der Waals surface area contributed by atoms with E-state index in [2.05, 4.69) is 0 Å². The lowest BCUT2D eigenvalue weighted by Crippen LogP contribution is -2.20. The van der Waals surface area contributed by atoms with Gasteiger partial charge < -0.3 is 9.15 Å². The van der Waals surface area contributed by atoms with Crippen molar-refractivity contribution < 1.29 is 13.9 Å². The van der Waals surface area contributed by atoms with E-state index < -0.39 is 6.10 Å². The van der Waals surface area contributed by atoms with Crippen LogP contribution in [-0.4, -0.2) is 11.9 Å². The van der Waals surface area contributed by atoms with Crippen LogP contribution in [0.25, 0.3) is 11.0 Å². The van der Waals surface area contributed by atoms with Crippen molar-refractivity contribution in [1.82, 2.24) is 0 Å². The zero-order chi connectivity index (χ0) is 15.0. The number of hydrogen-bond donors (Lipinski definition) is 0. The minimum atomic E-state index is -0.508. The third kappa shape index (κ3) is 2.58. The van der Waals surface area contributed by atoms with Gasteiger partial charge >= 0.3 is 5.63 Å². The van der Waals surface area contributed by atoms with Crippen LogP contribution >= 0.6 is 0 Å². The number of hydrogen-bond acceptors (Lipinski definition) is 4. The van der Waals surface area contributed by atoms with E-state index in [9.17, 15) is 9.59 Å². The Morgan fingerprint density at radius 3 is 2.67 bits per heavy atom. The summed E-state index contributed by atoms with van der Waals surface area (Å²) in [6.45, 7) is 3.19. The van der Waals surface area contributed by atoms with Gasteiger partial charge in [0, 0.05) is 17.0 Å². The molecule has 0 fully saturated rings. The van der Waals surface area contributed by atoms with Crippen molar-refractivity contribution in [3.05, 3.63) is 39.7 Å². The van der Waals surface area contributed by atoms with E-state index in [0.717, 1.165) is 42.2 Å². The van der Waals surface area contributed by atoms with Gasteiger partial charge in [0.2, 0.25) is 0 Å². The van der Waals surface area contributed by atoms with E-state index in [-0.39, 0.29) is 11.4 Å². The summed E-state index contributed by atoms with van der Waals surface area (Å²) >= 11 is 0. The largest absolute Gasteiger partial charge is 0.483 e. The molecule has 0 N–H and O–H groups in total. The Labute approximate surface area is 122 Å². The molecule has 3 rings (SSSR count). The molecule has 21 heavy (non-hydrogen) atoms. The van der Waals surface area contributed by atoms with Gasteiger partial charge in [0.1, 0.15) is 11.3 Å². The quantitative estimate of drug-likeness (QED) is 0.814. The Bertz CT molecular complexity index is 757. The highest BCUT2D eigenvalue weighted by Gasteiger charge is 2.18. The van der Waals surface area contributed by atoms with Crippen LogP contribution in [0, 0.1) is 0 Å². The van der Waals surface area contributed by atoms with Crippen molar-refractivity contribution in [2.24, 2.45) is 0 Å². The topological polar surface area (TPSA) is 56.5 Å². The van der Waals surface area contributed by atoms with Crippen LogP contribution in [0.5, 0.6) is 5.75 Å². The lowest BCUT2D eigenvalue weighted by atomic mass is 9.91. The maximum Gasteiger partial charge on any atom is 0.339 e. The number of aryl methyl sites for hydroxylation is 1. The van der Waals surface area contributed by atoms with Crippen LogP contribution in [-0.2, 0) is 17.6 Å². The van der Waals surface area contributed by atoms with E-state index in [0.29, 0.717) is 11.3 Å². The SMILES string of the molecule is CC(=O)[C@@H](C)Oc1ccc2c3c(c(=O)oc2c1)CCCC3. The number of carbonyl (C=O) groups is 1. The van der Waals surface area contributed by atoms with Crippen LogP contribution in [0.4, 0.5) is 0 Å². The number of ether oxygens (including phenoxy) is 1. The molecule has 0 radical (unpaired) electrons. The van der Waals surface area contributed by atoms with Crippen molar-refractivity contribution in [1.29, 1.82) is 0 Å². The molecule has 0 unspecified atom stereocenters. The van der Waals surface area contributed by atoms with Crippen LogP contribution in [0.3, 0.4) is 0 Å². The van der Waals surface area contributed by atoms with E-state index in [1.807, 2.05) is 12.1 Å². The molecule has 1 aromatic carbocycles. The van der Waals surface area contributed by atoms with Crippen LogP contribution in [0.15, 0.2) is 27.4 Å². The summed E-state index contributed by atoms with van der Waals surface area (Å²) in [5.74, 6) is 0.506. The fourth-order valence-electron chi connectivity index (χ4n) is 2.79. The van der Waals surface area contributed by atoms with Crippen molar-refractivity contribution in [3.8, 4) is 5.75 Å². The summed E-state index contributed by atoms with van der Waals surface area (Å²) in [6, 6.07) is 5.45. The molecule has 0 spiro atoms. The van der Waals surface area contributed by atoms with Gasteiger partial charge in [-0.15, -0.1) is 0 Å². The fraction of sp³-hybridized carbons (Fsp3) is 0.412. The summed E-state index contributed by atoms with van der Waals surface area (Å²) in [7, 11) is 0. The average molecular weight is 286 g/mol. The van der Waals surface area contributed by atoms with Gasteiger partial charge in [0.15, 0.2) is 11.9 Å². The second kappa shape index (κ2) is 5.35. The van der Waals surface area contributed by atoms with Gasteiger partial charge in [0.25, 0.3) is 0 Å². The predicted molar refractivity (Wildman–Crippen MR) is 79.9 cm³/mol. The molecule has 0 bridgehead atoms. The highest BCUT2D eigenvalue weighted by molar-refractivity contribution is 5.83. The predicted octanol–water partition coefficient (Wildman–Crippen LogP) is 3.03. The van der Waals surface area contributed by atoms with E-state index >= 15 is 0 Å². The molecule has 0 aliphatic heterocycles. The molecular weight excluding hydrogens is 268 g/mol. The van der Waals surface area contributed by atoms with Gasteiger partial charge in [-0.05, 0) is 57.2 Å². The van der Waals surface area contributed by atoms with Crippen LogP contribution < -0.4 is 10.4 Å². The van der Waals surface area contributed by atoms with Crippen LogP contribution in [0.1, 0.15) is 37.8 Å². The normalized spacial score (nSPS) is 15.5. The number of benzene rings is 1. The van der Waals surface area contributed by atoms with E-state index in [1.165, 1.54) is 6.92 Å². The van der Waals surface area contributed by atoms with Crippen molar-refractivity contribution >= 4 is 16.8 Å². The third-order valence-corrected chi connectivity index (χ3v) is 4.08. The molecule has 4 heteroatoms. The van der Waals surface area contributed by atoms with Crippen LogP contribution in [0.2, 0.25) is 0 Å². The number of ketones is 1. The number of Topliss-reactive ketones (excluding diaryl/α,β-unsaturated/α-hetero) is 1. The Balaban J connectivity index is 2.07. The first kappa shape index (κ1) is 13.9. The third-order valence-electron chi connectivity index (χ3n) is 4.08. The first-order valence-electron chi connectivity index (χ1n) is 7.32. The first-order valence-corrected chi connectivity index (χ1v) is 7.32. The van der Waals surface area contributed by atoms with Gasteiger partial charge in [-0.2, -0.15) is 0 Å². The summed E-state index contributed by atoms with van der Waals surface area (Å²) in [4.78, 5) is 23.3. The van der Waals surface area contributed by atoms with Crippen molar-refractivity contribution in [2.75, 3.05) is 0 Å². The number of rotatable bonds is 3. The Morgan fingerprint density at radius 1 is 1.24 bits per heavy atom. The molecule has 1 atom stereocenters. The summed E-state index contributed by atoms with van der Waals surface area (Å²) in [5.41, 5.74) is 2.22. The second-order valence-electron chi connectivity index (χ2n) is 5.58. The van der Waals surface area contributed by atoms with Gasteiger partial charge in [0.05, 0.1) is 0 Å².